The Morgan fingerprint density at radius 3 is 1.98 bits per heavy atom. The molecular weight excluding hydrogens is 518 g/mol. The lowest BCUT2D eigenvalue weighted by molar-refractivity contribution is -0.139. The molecule has 0 spiro atoms. The molecule has 222 valence electrons. The summed E-state index contributed by atoms with van der Waals surface area (Å²) in [6.45, 7) is 10.9. The van der Waals surface area contributed by atoms with Crippen molar-refractivity contribution in [3.05, 3.63) is 95.6 Å². The highest BCUT2D eigenvalue weighted by Gasteiger charge is 2.20. The highest BCUT2D eigenvalue weighted by atomic mass is 16.4. The molecule has 3 rings (SSSR count). The Bertz CT molecular complexity index is 1110. The normalized spacial score (nSPS) is 11.4. The van der Waals surface area contributed by atoms with Crippen molar-refractivity contribution in [1.82, 2.24) is 30.8 Å². The van der Waals surface area contributed by atoms with Gasteiger partial charge in [0.2, 0.25) is 0 Å². The van der Waals surface area contributed by atoms with Crippen LogP contribution < -0.4 is 21.7 Å². The number of carbonyl (C=O) groups is 2. The van der Waals surface area contributed by atoms with E-state index in [4.69, 9.17) is 5.73 Å². The molecule has 10 heteroatoms. The molecule has 1 aromatic carbocycles. The molecule has 0 fully saturated rings. The van der Waals surface area contributed by atoms with E-state index >= 15 is 0 Å². The van der Waals surface area contributed by atoms with Crippen LogP contribution in [0.2, 0.25) is 0 Å². The largest absolute Gasteiger partial charge is 0.480 e. The zero-order chi connectivity index (χ0) is 29.7. The number of likely N-dealkylation sites (N-methyl/N-ethyl adjacent to an activating group) is 1. The third-order valence-corrected chi connectivity index (χ3v) is 6.40. The number of rotatable bonds is 17. The quantitative estimate of drug-likeness (QED) is 0.157. The van der Waals surface area contributed by atoms with E-state index in [0.29, 0.717) is 44.6 Å². The van der Waals surface area contributed by atoms with Gasteiger partial charge in [-0.25, -0.2) is 4.79 Å². The van der Waals surface area contributed by atoms with Crippen molar-refractivity contribution in [2.24, 2.45) is 5.73 Å². The third-order valence-electron chi connectivity index (χ3n) is 6.40. The van der Waals surface area contributed by atoms with Gasteiger partial charge in [0, 0.05) is 50.7 Å². The predicted octanol–water partition coefficient (Wildman–Crippen LogP) is 2.81. The van der Waals surface area contributed by atoms with E-state index in [-0.39, 0.29) is 0 Å². The molecule has 0 saturated carbocycles. The summed E-state index contributed by atoms with van der Waals surface area (Å²) in [5.41, 5.74) is 8.68. The van der Waals surface area contributed by atoms with Crippen molar-refractivity contribution in [2.45, 2.75) is 52.4 Å². The first-order valence-electron chi connectivity index (χ1n) is 14.2. The number of nitrogens with two attached hydrogens (primary N) is 1. The van der Waals surface area contributed by atoms with Gasteiger partial charge < -0.3 is 31.7 Å². The van der Waals surface area contributed by atoms with E-state index < -0.39 is 17.9 Å². The molecule has 1 amide bonds. The fraction of sp³-hybridized carbons (Fsp3) is 0.419. The van der Waals surface area contributed by atoms with E-state index in [1.54, 1.807) is 24.5 Å². The Morgan fingerprint density at radius 1 is 0.878 bits per heavy atom. The zero-order valence-electron chi connectivity index (χ0n) is 24.3. The van der Waals surface area contributed by atoms with Gasteiger partial charge in [0.1, 0.15) is 6.04 Å². The first-order valence-corrected chi connectivity index (χ1v) is 14.2. The maximum atomic E-state index is 12.5. The van der Waals surface area contributed by atoms with Gasteiger partial charge in [-0.1, -0.05) is 38.1 Å². The summed E-state index contributed by atoms with van der Waals surface area (Å²) in [6, 6.07) is 17.7. The Balaban J connectivity index is 0.000000642. The van der Waals surface area contributed by atoms with Crippen molar-refractivity contribution in [3.63, 3.8) is 0 Å². The molecule has 0 bridgehead atoms. The molecule has 6 N–H and O–H groups in total. The third kappa shape index (κ3) is 14.0. The van der Waals surface area contributed by atoms with Gasteiger partial charge >= 0.3 is 5.97 Å². The number of nitrogens with one attached hydrogen (secondary N) is 3. The summed E-state index contributed by atoms with van der Waals surface area (Å²) in [5.74, 6) is -1.43. The lowest BCUT2D eigenvalue weighted by Gasteiger charge is -2.15. The second-order valence-electron chi connectivity index (χ2n) is 9.44. The SMILES string of the molecule is CCN(CC)CCN.O=C(N[C@@H](CCCNCc1ccccn1)C(=O)O)c1ccc(CNCc2ccccn2)cc1. The lowest BCUT2D eigenvalue weighted by atomic mass is 10.1. The fourth-order valence-electron chi connectivity index (χ4n) is 3.98. The van der Waals surface area contributed by atoms with Gasteiger partial charge in [-0.2, -0.15) is 0 Å². The second kappa shape index (κ2) is 20.2. The van der Waals surface area contributed by atoms with Crippen LogP contribution in [0.1, 0.15) is 54.0 Å². The summed E-state index contributed by atoms with van der Waals surface area (Å²) >= 11 is 0. The fourth-order valence-corrected chi connectivity index (χ4v) is 3.98. The maximum Gasteiger partial charge on any atom is 0.326 e. The van der Waals surface area contributed by atoms with Gasteiger partial charge in [0.25, 0.3) is 5.91 Å². The van der Waals surface area contributed by atoms with E-state index in [1.807, 2.05) is 48.5 Å². The number of carboxylic acid groups (broad SMARTS) is 1. The van der Waals surface area contributed by atoms with Gasteiger partial charge in [0.05, 0.1) is 11.4 Å². The number of amides is 1. The lowest BCUT2D eigenvalue weighted by Crippen LogP contribution is -2.41. The van der Waals surface area contributed by atoms with Crippen LogP contribution in [0.25, 0.3) is 0 Å². The topological polar surface area (TPSA) is 146 Å². The number of carbonyl (C=O) groups excluding carboxylic acids is 1. The minimum Gasteiger partial charge on any atom is -0.480 e. The first-order chi connectivity index (χ1) is 20.0. The molecule has 41 heavy (non-hydrogen) atoms. The van der Waals surface area contributed by atoms with Gasteiger partial charge in [-0.05, 0) is 74.4 Å². The van der Waals surface area contributed by atoms with E-state index in [2.05, 4.69) is 44.7 Å². The highest BCUT2D eigenvalue weighted by Crippen LogP contribution is 2.07. The highest BCUT2D eigenvalue weighted by molar-refractivity contribution is 5.96. The van der Waals surface area contributed by atoms with Crippen molar-refractivity contribution < 1.29 is 14.7 Å². The minimum absolute atomic E-state index is 0.339. The van der Waals surface area contributed by atoms with Gasteiger partial charge in [-0.3, -0.25) is 14.8 Å². The number of aliphatic carboxylic acids is 1. The molecule has 0 aliphatic carbocycles. The molecule has 2 aromatic heterocycles. The zero-order valence-corrected chi connectivity index (χ0v) is 24.3. The summed E-state index contributed by atoms with van der Waals surface area (Å²) in [4.78, 5) is 34.9. The van der Waals surface area contributed by atoms with Crippen LogP contribution in [0.3, 0.4) is 0 Å². The van der Waals surface area contributed by atoms with Crippen molar-refractivity contribution in [2.75, 3.05) is 32.7 Å². The molecule has 2 heterocycles. The molecule has 3 aromatic rings. The Kier molecular flexibility index (Phi) is 16.5. The van der Waals surface area contributed by atoms with Crippen molar-refractivity contribution in [3.8, 4) is 0 Å². The van der Waals surface area contributed by atoms with Crippen LogP contribution in [-0.2, 0) is 24.4 Å². The van der Waals surface area contributed by atoms with Crippen LogP contribution in [0.15, 0.2) is 73.1 Å². The Labute approximate surface area is 243 Å². The summed E-state index contributed by atoms with van der Waals surface area (Å²) in [5, 5.41) is 18.6. The number of aromatic nitrogens is 2. The number of hydrogen-bond acceptors (Lipinski definition) is 8. The molecule has 0 saturated heterocycles. The Morgan fingerprint density at radius 2 is 1.49 bits per heavy atom. The number of benzene rings is 1. The van der Waals surface area contributed by atoms with Crippen LogP contribution in [-0.4, -0.2) is 70.6 Å². The van der Waals surface area contributed by atoms with Crippen LogP contribution >= 0.6 is 0 Å². The molecule has 0 unspecified atom stereocenters. The molecule has 0 radical (unpaired) electrons. The summed E-state index contributed by atoms with van der Waals surface area (Å²) < 4.78 is 0. The number of nitrogens with zero attached hydrogens (tertiary/aromatic N) is 3. The smallest absolute Gasteiger partial charge is 0.326 e. The number of carboxylic acids is 1. The second-order valence-corrected chi connectivity index (χ2v) is 9.44. The molecule has 1 atom stereocenters. The first kappa shape index (κ1) is 33.5. The number of hydrogen-bond donors (Lipinski definition) is 5. The van der Waals surface area contributed by atoms with Gasteiger partial charge in [-0.15, -0.1) is 0 Å². The number of pyridine rings is 2. The molecule has 0 aliphatic heterocycles. The molecule has 0 aliphatic rings. The van der Waals surface area contributed by atoms with E-state index in [0.717, 1.165) is 43.1 Å². The average Bonchev–Trinajstić information content (AvgIpc) is 3.00. The van der Waals surface area contributed by atoms with Crippen LogP contribution in [0, 0.1) is 0 Å². The monoisotopic (exact) mass is 563 g/mol. The summed E-state index contributed by atoms with van der Waals surface area (Å²) in [6.07, 6.45) is 4.45. The average molecular weight is 564 g/mol. The van der Waals surface area contributed by atoms with Crippen molar-refractivity contribution >= 4 is 11.9 Å². The van der Waals surface area contributed by atoms with Crippen LogP contribution in [0.5, 0.6) is 0 Å². The van der Waals surface area contributed by atoms with Crippen LogP contribution in [0.4, 0.5) is 0 Å². The van der Waals surface area contributed by atoms with E-state index in [9.17, 15) is 14.7 Å². The standard InChI is InChI=1S/C25H29N5O3.C6H16N2/c31-24(20-11-9-19(10-12-20)16-27-18-22-7-2-4-15-29-22)30-23(25(32)33)8-5-13-26-17-21-6-1-3-14-28-21;1-3-8(4-2)6-5-7/h1-4,6-7,9-12,14-15,23,26-27H,5,8,13,16-18H2,(H,30,31)(H,32,33);3-7H2,1-2H3/t23-;/m0./s1. The van der Waals surface area contributed by atoms with Gasteiger partial charge in [0.15, 0.2) is 0 Å². The maximum absolute atomic E-state index is 12.5. The Hall–Kier alpha value is -3.70. The molecule has 10 nitrogen and oxygen atoms in total. The predicted molar refractivity (Wildman–Crippen MR) is 162 cm³/mol. The van der Waals surface area contributed by atoms with E-state index in [1.165, 1.54) is 0 Å². The molecular formula is C31H45N7O3. The van der Waals surface area contributed by atoms with Crippen molar-refractivity contribution in [1.29, 1.82) is 0 Å². The minimum atomic E-state index is -1.04. The summed E-state index contributed by atoms with van der Waals surface area (Å²) in [7, 11) is 0.